The van der Waals surface area contributed by atoms with Gasteiger partial charge in [-0.3, -0.25) is 19.8 Å². The molecule has 2 fully saturated rings. The lowest BCUT2D eigenvalue weighted by Gasteiger charge is -2.36. The average Bonchev–Trinajstić information content (AvgIpc) is 3.75. The molecule has 2 aromatic carbocycles. The first-order valence-corrected chi connectivity index (χ1v) is 17.2. The second kappa shape index (κ2) is 16.7. The van der Waals surface area contributed by atoms with Crippen molar-refractivity contribution in [2.75, 3.05) is 26.2 Å². The molecule has 0 saturated carbocycles. The maximum Gasteiger partial charge on any atom is 0.490 e. The van der Waals surface area contributed by atoms with Crippen LogP contribution in [0.3, 0.4) is 0 Å². The van der Waals surface area contributed by atoms with E-state index in [0.29, 0.717) is 43.2 Å². The Labute approximate surface area is 303 Å². The van der Waals surface area contributed by atoms with Crippen molar-refractivity contribution in [3.8, 4) is 0 Å². The lowest BCUT2D eigenvalue weighted by molar-refractivity contribution is -0.192. The lowest BCUT2D eigenvalue weighted by atomic mass is 9.83. The van der Waals surface area contributed by atoms with Crippen molar-refractivity contribution in [2.45, 2.75) is 82.6 Å². The van der Waals surface area contributed by atoms with Crippen molar-refractivity contribution >= 4 is 29.4 Å². The third-order valence-electron chi connectivity index (χ3n) is 9.71. The monoisotopic (exact) mass is 754 g/mol. The van der Waals surface area contributed by atoms with Crippen LogP contribution in [0.1, 0.15) is 80.8 Å². The van der Waals surface area contributed by atoms with Gasteiger partial charge in [-0.05, 0) is 81.3 Å². The fourth-order valence-corrected chi connectivity index (χ4v) is 7.08. The maximum absolute atomic E-state index is 15.0. The Kier molecular flexibility index (Phi) is 13.1. The van der Waals surface area contributed by atoms with Crippen LogP contribution in [0.15, 0.2) is 48.9 Å². The van der Waals surface area contributed by atoms with E-state index in [1.54, 1.807) is 12.5 Å². The van der Waals surface area contributed by atoms with Gasteiger partial charge in [0.05, 0.1) is 24.0 Å². The third-order valence-corrected chi connectivity index (χ3v) is 9.95. The van der Waals surface area contributed by atoms with E-state index >= 15 is 0 Å². The first-order chi connectivity index (χ1) is 24.3. The summed E-state index contributed by atoms with van der Waals surface area (Å²) in [4.78, 5) is 46.5. The molecule has 3 aromatic rings. The maximum atomic E-state index is 15.0. The molecule has 0 unspecified atom stereocenters. The molecule has 0 radical (unpaired) electrons. The number of rotatable bonds is 9. The number of hydrogen-bond acceptors (Lipinski definition) is 6. The van der Waals surface area contributed by atoms with Gasteiger partial charge in [0.1, 0.15) is 11.6 Å². The molecule has 1 aromatic heterocycles. The number of nitrogens with one attached hydrogen (secondary N) is 2. The highest BCUT2D eigenvalue weighted by atomic mass is 35.5. The Morgan fingerprint density at radius 2 is 1.69 bits per heavy atom. The Morgan fingerprint density at radius 3 is 2.23 bits per heavy atom. The average molecular weight is 755 g/mol. The minimum Gasteiger partial charge on any atom is -0.475 e. The molecule has 16 heteroatoms. The molecule has 2 saturated heterocycles. The topological polar surface area (TPSA) is 145 Å². The quantitative estimate of drug-likeness (QED) is 0.198. The zero-order chi connectivity index (χ0) is 38.5. The van der Waals surface area contributed by atoms with Crippen molar-refractivity contribution in [2.24, 2.45) is 11.7 Å². The molecule has 2 amide bonds. The van der Waals surface area contributed by atoms with Gasteiger partial charge >= 0.3 is 12.1 Å². The van der Waals surface area contributed by atoms with Gasteiger partial charge in [-0.1, -0.05) is 23.7 Å². The molecule has 2 aliphatic rings. The summed E-state index contributed by atoms with van der Waals surface area (Å²) in [6, 6.07) is 8.68. The highest BCUT2D eigenvalue weighted by Crippen LogP contribution is 2.40. The number of aliphatic carboxylic acids is 1. The third kappa shape index (κ3) is 10.3. The number of benzene rings is 2. The summed E-state index contributed by atoms with van der Waals surface area (Å²) in [5.41, 5.74) is 8.78. The molecule has 10 nitrogen and oxygen atoms in total. The number of H-pyrrole nitrogens is 1. The number of nitrogens with zero attached hydrogens (tertiary/aromatic N) is 3. The molecule has 284 valence electrons. The number of carboxylic acid groups (broad SMARTS) is 1. The van der Waals surface area contributed by atoms with Crippen molar-refractivity contribution in [3.63, 3.8) is 0 Å². The molecular formula is C36H44ClF5N6O4. The lowest BCUT2D eigenvalue weighted by Crippen LogP contribution is -2.45. The standard InChI is InChI=1S/C34H43ClF2N6O2.C2HF3O2/c1-20(41-31(32(38)44)15-24-16-39-19-40-24)27-13-22(35)5-7-25(27)21-9-11-42(12-10-21)33(45)29-18-43(34(2,3)4)17-28(29)26-8-6-23(36)14-30(26)37;3-2(4,5)1(6)7/h5-8,13-14,16,19-21,28-29,31,41H,9-12,15,17-18H2,1-4H3,(H2,38,44)(H,39,40);(H,6,7)/t20-,28-,29+,31-;/m0./s1. The second-order valence-corrected chi connectivity index (χ2v) is 14.7. The van der Waals surface area contributed by atoms with E-state index < -0.39 is 41.6 Å². The van der Waals surface area contributed by atoms with E-state index in [1.807, 2.05) is 30.0 Å². The first-order valence-electron chi connectivity index (χ1n) is 16.9. The number of nitrogens with two attached hydrogens (primary N) is 1. The molecule has 0 bridgehead atoms. The Bertz CT molecular complexity index is 1710. The summed E-state index contributed by atoms with van der Waals surface area (Å²) in [5.74, 6) is -5.02. The van der Waals surface area contributed by atoms with Gasteiger partial charge in [0, 0.05) is 67.4 Å². The van der Waals surface area contributed by atoms with E-state index in [-0.39, 0.29) is 29.3 Å². The number of primary amides is 1. The molecule has 0 aliphatic carbocycles. The van der Waals surface area contributed by atoms with Gasteiger partial charge in [0.15, 0.2) is 0 Å². The fraction of sp³-hybridized carbons (Fsp3) is 0.500. The predicted octanol–water partition coefficient (Wildman–Crippen LogP) is 5.94. The number of aromatic nitrogens is 2. The number of imidazole rings is 1. The zero-order valence-electron chi connectivity index (χ0n) is 29.3. The SMILES string of the molecule is C[C@H](N[C@@H](Cc1c[nH]cn1)C(N)=O)c1cc(Cl)ccc1C1CCN(C(=O)[C@@H]2CN(C(C)(C)C)C[C@H]2c2ccc(F)cc2F)CC1.O=C(O)C(F)(F)F. The number of halogens is 6. The van der Waals surface area contributed by atoms with Crippen molar-refractivity contribution in [1.82, 2.24) is 25.1 Å². The van der Waals surface area contributed by atoms with Crippen LogP contribution in [-0.2, 0) is 20.8 Å². The van der Waals surface area contributed by atoms with Crippen molar-refractivity contribution in [3.05, 3.63) is 88.0 Å². The highest BCUT2D eigenvalue weighted by Gasteiger charge is 2.45. The van der Waals surface area contributed by atoms with Crippen LogP contribution in [0, 0.1) is 17.6 Å². The smallest absolute Gasteiger partial charge is 0.475 e. The van der Waals surface area contributed by atoms with Gasteiger partial charge in [-0.15, -0.1) is 0 Å². The first kappa shape index (κ1) is 40.7. The zero-order valence-corrected chi connectivity index (χ0v) is 30.1. The summed E-state index contributed by atoms with van der Waals surface area (Å²) in [6.45, 7) is 10.5. The highest BCUT2D eigenvalue weighted by molar-refractivity contribution is 6.30. The van der Waals surface area contributed by atoms with Crippen LogP contribution >= 0.6 is 11.6 Å². The van der Waals surface area contributed by atoms with E-state index in [2.05, 4.69) is 41.0 Å². The number of hydrogen-bond donors (Lipinski definition) is 4. The summed E-state index contributed by atoms with van der Waals surface area (Å²) in [6.07, 6.45) is 0.0935. The Hall–Kier alpha value is -4.08. The molecule has 0 spiro atoms. The van der Waals surface area contributed by atoms with E-state index in [1.165, 1.54) is 12.1 Å². The molecular weight excluding hydrogens is 711 g/mol. The predicted molar refractivity (Wildman–Crippen MR) is 184 cm³/mol. The molecule has 3 heterocycles. The van der Waals surface area contributed by atoms with Gasteiger partial charge in [-0.25, -0.2) is 18.6 Å². The summed E-state index contributed by atoms with van der Waals surface area (Å²) >= 11 is 6.44. The molecule has 5 rings (SSSR count). The van der Waals surface area contributed by atoms with Gasteiger partial charge in [-0.2, -0.15) is 13.2 Å². The van der Waals surface area contributed by atoms with Crippen LogP contribution in [-0.4, -0.2) is 86.6 Å². The number of amides is 2. The van der Waals surface area contributed by atoms with Crippen LogP contribution < -0.4 is 11.1 Å². The number of carbonyl (C=O) groups excluding carboxylic acids is 2. The van der Waals surface area contributed by atoms with Crippen LogP contribution in [0.5, 0.6) is 0 Å². The van der Waals surface area contributed by atoms with Gasteiger partial charge in [0.2, 0.25) is 11.8 Å². The Morgan fingerprint density at radius 1 is 1.06 bits per heavy atom. The second-order valence-electron chi connectivity index (χ2n) is 14.2. The normalized spacial score (nSPS) is 19.8. The summed E-state index contributed by atoms with van der Waals surface area (Å²) in [7, 11) is 0. The minimum absolute atomic E-state index is 0.0166. The van der Waals surface area contributed by atoms with Crippen LogP contribution in [0.4, 0.5) is 22.0 Å². The number of likely N-dealkylation sites (tertiary alicyclic amines) is 2. The number of carbonyl (C=O) groups is 3. The van der Waals surface area contributed by atoms with Gasteiger partial charge in [0.25, 0.3) is 0 Å². The molecule has 4 atom stereocenters. The van der Waals surface area contributed by atoms with Gasteiger partial charge < -0.3 is 20.7 Å². The number of alkyl halides is 3. The molecule has 2 aliphatic heterocycles. The van der Waals surface area contributed by atoms with E-state index in [0.717, 1.165) is 35.7 Å². The fourth-order valence-electron chi connectivity index (χ4n) is 6.90. The van der Waals surface area contributed by atoms with Crippen LogP contribution in [0.25, 0.3) is 0 Å². The molecule has 52 heavy (non-hydrogen) atoms. The number of piperidine rings is 1. The largest absolute Gasteiger partial charge is 0.490 e. The summed E-state index contributed by atoms with van der Waals surface area (Å²) < 4.78 is 60.4. The minimum atomic E-state index is -5.08. The summed E-state index contributed by atoms with van der Waals surface area (Å²) in [5, 5.41) is 11.1. The van der Waals surface area contributed by atoms with Crippen molar-refractivity contribution in [1.29, 1.82) is 0 Å². The van der Waals surface area contributed by atoms with E-state index in [4.69, 9.17) is 27.2 Å². The van der Waals surface area contributed by atoms with Crippen LogP contribution in [0.2, 0.25) is 5.02 Å². The van der Waals surface area contributed by atoms with Crippen molar-refractivity contribution < 1.29 is 41.4 Å². The Balaban J connectivity index is 0.000000785. The number of carboxylic acids is 1. The number of aromatic amines is 1. The van der Waals surface area contributed by atoms with E-state index in [9.17, 15) is 31.5 Å². The molecule has 5 N–H and O–H groups in total.